The minimum absolute atomic E-state index is 0.674. The molecular weight excluding hydrogens is 286 g/mol. The number of hydrogen-bond acceptors (Lipinski definition) is 4. The third-order valence-electron chi connectivity index (χ3n) is 5.47. The van der Waals surface area contributed by atoms with Crippen molar-refractivity contribution in [3.05, 3.63) is 23.3 Å². The highest BCUT2D eigenvalue weighted by Crippen LogP contribution is 2.34. The monoisotopic (exact) mass is 317 g/mol. The fraction of sp³-hybridized carbons (Fsp3) is 0.684. The van der Waals surface area contributed by atoms with Crippen LogP contribution < -0.4 is 10.5 Å². The van der Waals surface area contributed by atoms with E-state index < -0.39 is 0 Å². The van der Waals surface area contributed by atoms with Crippen LogP contribution in [0.5, 0.6) is 5.75 Å². The van der Waals surface area contributed by atoms with Crippen molar-refractivity contribution in [1.82, 2.24) is 9.80 Å². The predicted octanol–water partition coefficient (Wildman–Crippen LogP) is 2.55. The van der Waals surface area contributed by atoms with Gasteiger partial charge in [0.2, 0.25) is 0 Å². The number of nitrogens with two attached hydrogens (primary N) is 1. The molecule has 1 aromatic rings. The number of nitrogens with zero attached hydrogens (tertiary/aromatic N) is 2. The molecule has 1 unspecified atom stereocenters. The quantitative estimate of drug-likeness (QED) is 0.684. The first kappa shape index (κ1) is 16.6. The van der Waals surface area contributed by atoms with Crippen LogP contribution in [-0.4, -0.2) is 55.7 Å². The van der Waals surface area contributed by atoms with E-state index in [1.807, 2.05) is 6.07 Å². The third kappa shape index (κ3) is 3.64. The summed E-state index contributed by atoms with van der Waals surface area (Å²) in [4.78, 5) is 5.31. The first-order chi connectivity index (χ1) is 11.2. The van der Waals surface area contributed by atoms with Crippen molar-refractivity contribution in [2.75, 3.05) is 45.6 Å². The van der Waals surface area contributed by atoms with Crippen LogP contribution in [0.4, 0.5) is 5.69 Å². The Morgan fingerprint density at radius 3 is 2.70 bits per heavy atom. The van der Waals surface area contributed by atoms with Gasteiger partial charge in [0.05, 0.1) is 12.8 Å². The van der Waals surface area contributed by atoms with Gasteiger partial charge in [-0.05, 0) is 55.8 Å². The second-order valence-electron chi connectivity index (χ2n) is 6.95. The highest BCUT2D eigenvalue weighted by molar-refractivity contribution is 5.60. The van der Waals surface area contributed by atoms with Crippen LogP contribution in [0.15, 0.2) is 12.1 Å². The van der Waals surface area contributed by atoms with Crippen LogP contribution in [0.2, 0.25) is 0 Å². The summed E-state index contributed by atoms with van der Waals surface area (Å²) >= 11 is 0. The molecule has 23 heavy (non-hydrogen) atoms. The van der Waals surface area contributed by atoms with Gasteiger partial charge in [-0.1, -0.05) is 13.0 Å². The average Bonchev–Trinajstić information content (AvgIpc) is 2.78. The summed E-state index contributed by atoms with van der Waals surface area (Å²) in [5.41, 5.74) is 9.65. The molecule has 1 fully saturated rings. The Labute approximate surface area is 140 Å². The number of anilines is 1. The zero-order chi connectivity index (χ0) is 16.2. The van der Waals surface area contributed by atoms with E-state index in [2.05, 4.69) is 22.8 Å². The fourth-order valence-electron chi connectivity index (χ4n) is 4.24. The first-order valence-corrected chi connectivity index (χ1v) is 9.13. The lowest BCUT2D eigenvalue weighted by Gasteiger charge is -2.39. The molecule has 3 rings (SSSR count). The van der Waals surface area contributed by atoms with E-state index in [4.69, 9.17) is 10.5 Å². The van der Waals surface area contributed by atoms with Crippen molar-refractivity contribution in [2.45, 2.75) is 45.1 Å². The zero-order valence-electron chi connectivity index (χ0n) is 14.7. The largest absolute Gasteiger partial charge is 0.494 e. The number of methoxy groups -OCH3 is 1. The molecular formula is C19H31N3O. The molecule has 0 bridgehead atoms. The summed E-state index contributed by atoms with van der Waals surface area (Å²) in [5, 5.41) is 0. The van der Waals surface area contributed by atoms with Crippen molar-refractivity contribution in [2.24, 2.45) is 0 Å². The molecule has 0 saturated carbocycles. The van der Waals surface area contributed by atoms with E-state index in [-0.39, 0.29) is 0 Å². The highest BCUT2D eigenvalue weighted by Gasteiger charge is 2.27. The first-order valence-electron chi connectivity index (χ1n) is 9.13. The molecule has 2 N–H and O–H groups in total. The summed E-state index contributed by atoms with van der Waals surface area (Å²) in [6.45, 7) is 8.40. The van der Waals surface area contributed by atoms with Crippen molar-refractivity contribution in [3.63, 3.8) is 0 Å². The van der Waals surface area contributed by atoms with Crippen LogP contribution in [0.25, 0.3) is 0 Å². The standard InChI is InChI=1S/C19H31N3O/c1-3-9-21-10-12-22(13-11-21)16-5-4-6-17-15(14-16)7-8-18(20)19(17)23-2/h7-8,16H,3-6,9-14,20H2,1-2H3. The molecule has 0 amide bonds. The summed E-state index contributed by atoms with van der Waals surface area (Å²) in [6, 6.07) is 4.91. The van der Waals surface area contributed by atoms with Crippen molar-refractivity contribution < 1.29 is 4.74 Å². The van der Waals surface area contributed by atoms with Crippen LogP contribution in [0.1, 0.15) is 37.3 Å². The lowest BCUT2D eigenvalue weighted by atomic mass is 9.99. The fourth-order valence-corrected chi connectivity index (χ4v) is 4.24. The van der Waals surface area contributed by atoms with Gasteiger partial charge in [-0.25, -0.2) is 0 Å². The molecule has 4 heteroatoms. The van der Waals surface area contributed by atoms with Gasteiger partial charge < -0.3 is 15.4 Å². The molecule has 0 radical (unpaired) electrons. The summed E-state index contributed by atoms with van der Waals surface area (Å²) in [5.74, 6) is 0.913. The van der Waals surface area contributed by atoms with Gasteiger partial charge in [0.25, 0.3) is 0 Å². The maximum absolute atomic E-state index is 6.09. The van der Waals surface area contributed by atoms with E-state index in [1.54, 1.807) is 7.11 Å². The molecule has 0 aromatic heterocycles. The molecule has 1 saturated heterocycles. The Morgan fingerprint density at radius 2 is 2.00 bits per heavy atom. The molecule has 0 spiro atoms. The average molecular weight is 317 g/mol. The number of hydrogen-bond donors (Lipinski definition) is 1. The highest BCUT2D eigenvalue weighted by atomic mass is 16.5. The number of nitrogen functional groups attached to an aromatic ring is 1. The normalized spacial score (nSPS) is 23.3. The number of ether oxygens (including phenoxy) is 1. The van der Waals surface area contributed by atoms with E-state index in [1.165, 1.54) is 63.1 Å². The van der Waals surface area contributed by atoms with Gasteiger partial charge in [-0.15, -0.1) is 0 Å². The molecule has 1 aliphatic carbocycles. The SMILES string of the molecule is CCCN1CCN(C2CCCc3c(ccc(N)c3OC)C2)CC1. The molecule has 4 nitrogen and oxygen atoms in total. The van der Waals surface area contributed by atoms with Gasteiger partial charge in [-0.2, -0.15) is 0 Å². The number of piperazine rings is 1. The van der Waals surface area contributed by atoms with Gasteiger partial charge in [0, 0.05) is 32.2 Å². The van der Waals surface area contributed by atoms with Crippen LogP contribution >= 0.6 is 0 Å². The maximum atomic E-state index is 6.09. The topological polar surface area (TPSA) is 41.7 Å². The van der Waals surface area contributed by atoms with E-state index in [0.717, 1.165) is 24.3 Å². The van der Waals surface area contributed by atoms with E-state index in [9.17, 15) is 0 Å². The van der Waals surface area contributed by atoms with Crippen molar-refractivity contribution >= 4 is 5.69 Å². The number of fused-ring (bicyclic) bond motifs is 1. The van der Waals surface area contributed by atoms with Crippen LogP contribution in [0.3, 0.4) is 0 Å². The van der Waals surface area contributed by atoms with Crippen molar-refractivity contribution in [1.29, 1.82) is 0 Å². The zero-order valence-corrected chi connectivity index (χ0v) is 14.7. The van der Waals surface area contributed by atoms with Crippen LogP contribution in [-0.2, 0) is 12.8 Å². The molecule has 1 atom stereocenters. The van der Waals surface area contributed by atoms with Gasteiger partial charge >= 0.3 is 0 Å². The Hall–Kier alpha value is -1.26. The summed E-state index contributed by atoms with van der Waals surface area (Å²) < 4.78 is 5.58. The maximum Gasteiger partial charge on any atom is 0.145 e. The summed E-state index contributed by atoms with van der Waals surface area (Å²) in [7, 11) is 1.74. The second kappa shape index (κ2) is 7.54. The molecule has 1 heterocycles. The smallest absolute Gasteiger partial charge is 0.145 e. The van der Waals surface area contributed by atoms with E-state index in [0.29, 0.717) is 6.04 Å². The molecule has 1 aromatic carbocycles. The number of rotatable bonds is 4. The Bertz CT molecular complexity index is 524. The Morgan fingerprint density at radius 1 is 1.22 bits per heavy atom. The Balaban J connectivity index is 1.70. The molecule has 2 aliphatic rings. The lowest BCUT2D eigenvalue weighted by Crippen LogP contribution is -2.50. The molecule has 1 aliphatic heterocycles. The second-order valence-corrected chi connectivity index (χ2v) is 6.95. The molecule has 128 valence electrons. The van der Waals surface area contributed by atoms with E-state index >= 15 is 0 Å². The van der Waals surface area contributed by atoms with Crippen molar-refractivity contribution in [3.8, 4) is 5.75 Å². The summed E-state index contributed by atoms with van der Waals surface area (Å²) in [6.07, 6.45) is 6.01. The van der Waals surface area contributed by atoms with Gasteiger partial charge in [-0.3, -0.25) is 4.90 Å². The van der Waals surface area contributed by atoms with Crippen LogP contribution in [0, 0.1) is 0 Å². The Kier molecular flexibility index (Phi) is 5.44. The minimum Gasteiger partial charge on any atom is -0.494 e. The lowest BCUT2D eigenvalue weighted by molar-refractivity contribution is 0.0920. The third-order valence-corrected chi connectivity index (χ3v) is 5.47. The van der Waals surface area contributed by atoms with Gasteiger partial charge in [0.1, 0.15) is 5.75 Å². The predicted molar refractivity (Wildman–Crippen MR) is 96.1 cm³/mol. The minimum atomic E-state index is 0.674. The van der Waals surface area contributed by atoms with Gasteiger partial charge in [0.15, 0.2) is 0 Å². The number of benzene rings is 1.